The second-order valence-corrected chi connectivity index (χ2v) is 7.16. The van der Waals surface area contributed by atoms with Crippen molar-refractivity contribution in [3.8, 4) is 5.75 Å². The number of rotatable bonds is 12. The summed E-state index contributed by atoms with van der Waals surface area (Å²) in [6.07, 6.45) is 5.18. The second-order valence-electron chi connectivity index (χ2n) is 7.16. The van der Waals surface area contributed by atoms with Crippen LogP contribution in [0.25, 0.3) is 0 Å². The van der Waals surface area contributed by atoms with Crippen LogP contribution in [0, 0.1) is 5.92 Å². The Morgan fingerprint density at radius 2 is 2.00 bits per heavy atom. The molecule has 0 atom stereocenters. The lowest BCUT2D eigenvalue weighted by Crippen LogP contribution is -2.39. The summed E-state index contributed by atoms with van der Waals surface area (Å²) in [4.78, 5) is 4.28. The molecule has 6 nitrogen and oxygen atoms in total. The zero-order valence-electron chi connectivity index (χ0n) is 17.5. The molecule has 0 radical (unpaired) electrons. The number of hydrogen-bond donors (Lipinski definition) is 2. The molecule has 1 aliphatic rings. The van der Waals surface area contributed by atoms with Crippen LogP contribution >= 0.6 is 0 Å². The number of nitrogens with one attached hydrogen (secondary N) is 2. The van der Waals surface area contributed by atoms with Crippen molar-refractivity contribution >= 4 is 5.96 Å². The van der Waals surface area contributed by atoms with Crippen LogP contribution < -0.4 is 15.4 Å². The summed E-state index contributed by atoms with van der Waals surface area (Å²) in [5.41, 5.74) is 1.26. The van der Waals surface area contributed by atoms with E-state index >= 15 is 0 Å². The summed E-state index contributed by atoms with van der Waals surface area (Å²) < 4.78 is 16.9. The first kappa shape index (κ1) is 22.5. The van der Waals surface area contributed by atoms with Gasteiger partial charge in [-0.3, -0.25) is 4.99 Å². The maximum atomic E-state index is 5.80. The van der Waals surface area contributed by atoms with E-state index in [2.05, 4.69) is 34.7 Å². The topological polar surface area (TPSA) is 64.1 Å². The summed E-state index contributed by atoms with van der Waals surface area (Å²) in [5.74, 6) is 2.45. The van der Waals surface area contributed by atoms with Crippen molar-refractivity contribution in [1.29, 1.82) is 0 Å². The number of nitrogens with zero attached hydrogens (tertiary/aromatic N) is 1. The maximum absolute atomic E-state index is 5.80. The lowest BCUT2D eigenvalue weighted by Gasteiger charge is -2.21. The van der Waals surface area contributed by atoms with Crippen molar-refractivity contribution < 1.29 is 14.2 Å². The molecule has 1 fully saturated rings. The fourth-order valence-electron chi connectivity index (χ4n) is 3.10. The highest BCUT2D eigenvalue weighted by atomic mass is 16.5. The molecule has 1 aliphatic heterocycles. The number of hydrogen-bond acceptors (Lipinski definition) is 4. The molecule has 1 saturated heterocycles. The average Bonchev–Trinajstić information content (AvgIpc) is 2.74. The quantitative estimate of drug-likeness (QED) is 0.326. The largest absolute Gasteiger partial charge is 0.494 e. The second kappa shape index (κ2) is 14.2. The Kier molecular flexibility index (Phi) is 11.4. The summed E-state index contributed by atoms with van der Waals surface area (Å²) in [5, 5.41) is 6.71. The first-order valence-electron chi connectivity index (χ1n) is 10.6. The lowest BCUT2D eigenvalue weighted by molar-refractivity contribution is 0.0203. The first-order valence-corrected chi connectivity index (χ1v) is 10.6. The Morgan fingerprint density at radius 3 is 2.79 bits per heavy atom. The Labute approximate surface area is 170 Å². The summed E-state index contributed by atoms with van der Waals surface area (Å²) >= 11 is 0. The van der Waals surface area contributed by atoms with Crippen LogP contribution in [-0.4, -0.2) is 59.1 Å². The molecular formula is C22H37N3O3. The smallest absolute Gasteiger partial charge is 0.190 e. The zero-order chi connectivity index (χ0) is 19.9. The molecule has 0 amide bonds. The summed E-state index contributed by atoms with van der Waals surface area (Å²) in [7, 11) is 1.80. The number of benzene rings is 1. The van der Waals surface area contributed by atoms with E-state index in [0.717, 1.165) is 89.9 Å². The van der Waals surface area contributed by atoms with E-state index in [1.807, 2.05) is 12.1 Å². The van der Waals surface area contributed by atoms with E-state index in [1.165, 1.54) is 5.56 Å². The van der Waals surface area contributed by atoms with E-state index in [-0.39, 0.29) is 0 Å². The van der Waals surface area contributed by atoms with Gasteiger partial charge in [-0.25, -0.2) is 0 Å². The van der Waals surface area contributed by atoms with Crippen LogP contribution in [0.15, 0.2) is 29.3 Å². The molecule has 1 aromatic carbocycles. The predicted molar refractivity (Wildman–Crippen MR) is 114 cm³/mol. The minimum atomic E-state index is 0.669. The van der Waals surface area contributed by atoms with E-state index in [1.54, 1.807) is 7.05 Å². The number of ether oxygens (including phenoxy) is 3. The highest BCUT2D eigenvalue weighted by Crippen LogP contribution is 2.15. The highest BCUT2D eigenvalue weighted by Gasteiger charge is 2.13. The number of aliphatic imine (C=N–C) groups is 1. The molecule has 1 heterocycles. The fourth-order valence-corrected chi connectivity index (χ4v) is 3.10. The van der Waals surface area contributed by atoms with Crippen LogP contribution in [0.3, 0.4) is 0 Å². The monoisotopic (exact) mass is 391 g/mol. The lowest BCUT2D eigenvalue weighted by atomic mass is 10.0. The Balaban J connectivity index is 1.53. The van der Waals surface area contributed by atoms with E-state index in [0.29, 0.717) is 5.92 Å². The Bertz CT molecular complexity index is 560. The third kappa shape index (κ3) is 9.42. The van der Waals surface area contributed by atoms with Gasteiger partial charge < -0.3 is 24.8 Å². The van der Waals surface area contributed by atoms with Crippen molar-refractivity contribution in [2.24, 2.45) is 10.9 Å². The van der Waals surface area contributed by atoms with E-state index in [9.17, 15) is 0 Å². The van der Waals surface area contributed by atoms with Crippen LogP contribution in [-0.2, 0) is 15.9 Å². The molecule has 6 heteroatoms. The minimum Gasteiger partial charge on any atom is -0.494 e. The van der Waals surface area contributed by atoms with Gasteiger partial charge in [-0.05, 0) is 55.7 Å². The van der Waals surface area contributed by atoms with Crippen LogP contribution in [0.1, 0.15) is 38.2 Å². The van der Waals surface area contributed by atoms with Crippen molar-refractivity contribution in [3.63, 3.8) is 0 Å². The Morgan fingerprint density at radius 1 is 1.18 bits per heavy atom. The normalized spacial score (nSPS) is 15.4. The molecule has 0 unspecified atom stereocenters. The first-order chi connectivity index (χ1) is 13.8. The maximum Gasteiger partial charge on any atom is 0.190 e. The fraction of sp³-hybridized carbons (Fsp3) is 0.682. The predicted octanol–water partition coefficient (Wildman–Crippen LogP) is 3.02. The third-order valence-corrected chi connectivity index (χ3v) is 4.75. The third-order valence-electron chi connectivity index (χ3n) is 4.75. The molecular weight excluding hydrogens is 354 g/mol. The molecule has 0 aliphatic carbocycles. The van der Waals surface area contributed by atoms with Gasteiger partial charge in [0.15, 0.2) is 5.96 Å². The molecule has 0 saturated carbocycles. The van der Waals surface area contributed by atoms with Gasteiger partial charge in [0, 0.05) is 46.6 Å². The highest BCUT2D eigenvalue weighted by molar-refractivity contribution is 5.79. The standard InChI is InChI=1S/C22H37N3O3/c1-3-13-28-21-7-4-6-19(17-21)8-12-25-22(23-2)24-11-5-14-27-18-20-9-15-26-16-10-20/h4,6-7,17,20H,3,5,8-16,18H2,1-2H3,(H2,23,24,25). The molecule has 2 rings (SSSR count). The van der Waals surface area contributed by atoms with Gasteiger partial charge in [0.1, 0.15) is 5.75 Å². The molecule has 0 aromatic heterocycles. The summed E-state index contributed by atoms with van der Waals surface area (Å²) in [6, 6.07) is 8.31. The number of guanidine groups is 1. The van der Waals surface area contributed by atoms with Crippen LogP contribution in [0.5, 0.6) is 5.75 Å². The van der Waals surface area contributed by atoms with Gasteiger partial charge in [0.25, 0.3) is 0 Å². The van der Waals surface area contributed by atoms with Crippen LogP contribution in [0.2, 0.25) is 0 Å². The van der Waals surface area contributed by atoms with E-state index in [4.69, 9.17) is 14.2 Å². The van der Waals surface area contributed by atoms with Crippen molar-refractivity contribution in [2.45, 2.75) is 39.0 Å². The minimum absolute atomic E-state index is 0.669. The molecule has 0 bridgehead atoms. The van der Waals surface area contributed by atoms with E-state index < -0.39 is 0 Å². The van der Waals surface area contributed by atoms with Gasteiger partial charge in [-0.1, -0.05) is 19.1 Å². The van der Waals surface area contributed by atoms with Crippen molar-refractivity contribution in [3.05, 3.63) is 29.8 Å². The van der Waals surface area contributed by atoms with Gasteiger partial charge >= 0.3 is 0 Å². The van der Waals surface area contributed by atoms with Gasteiger partial charge in [0.2, 0.25) is 0 Å². The van der Waals surface area contributed by atoms with Gasteiger partial charge in [-0.2, -0.15) is 0 Å². The SMILES string of the molecule is CCCOc1cccc(CCNC(=NC)NCCCOCC2CCOCC2)c1. The molecule has 28 heavy (non-hydrogen) atoms. The van der Waals surface area contributed by atoms with Crippen molar-refractivity contribution in [1.82, 2.24) is 10.6 Å². The average molecular weight is 392 g/mol. The van der Waals surface area contributed by atoms with Crippen molar-refractivity contribution in [2.75, 3.05) is 53.2 Å². The zero-order valence-corrected chi connectivity index (χ0v) is 17.5. The van der Waals surface area contributed by atoms with Gasteiger partial charge in [0.05, 0.1) is 6.61 Å². The molecule has 2 N–H and O–H groups in total. The van der Waals surface area contributed by atoms with Crippen LogP contribution in [0.4, 0.5) is 0 Å². The molecule has 0 spiro atoms. The van der Waals surface area contributed by atoms with Gasteiger partial charge in [-0.15, -0.1) is 0 Å². The Hall–Kier alpha value is -1.79. The summed E-state index contributed by atoms with van der Waals surface area (Å²) in [6.45, 7) is 7.97. The molecule has 158 valence electrons. The molecule has 1 aromatic rings.